The van der Waals surface area contributed by atoms with Crippen LogP contribution in [0.3, 0.4) is 0 Å². The van der Waals surface area contributed by atoms with Gasteiger partial charge in [0, 0.05) is 11.1 Å². The minimum absolute atomic E-state index is 0.0404. The molecule has 2 aromatic carbocycles. The molecule has 1 atom stereocenters. The SMILES string of the molecule is CC.O=C1Nc2ccccc2C(c2ccccc2)=NC1Nc1nnc(-c2cnco2)o1. The lowest BCUT2D eigenvalue weighted by Crippen LogP contribution is -2.32. The van der Waals surface area contributed by atoms with Crippen molar-refractivity contribution < 1.29 is 13.6 Å². The number of hydrogen-bond acceptors (Lipinski definition) is 8. The van der Waals surface area contributed by atoms with Crippen LogP contribution in [0.1, 0.15) is 25.0 Å². The zero-order chi connectivity index (χ0) is 21.6. The van der Waals surface area contributed by atoms with Crippen LogP contribution in [0.2, 0.25) is 0 Å². The lowest BCUT2D eigenvalue weighted by atomic mass is 10.0. The molecule has 4 aromatic rings. The van der Waals surface area contributed by atoms with Gasteiger partial charge in [0.15, 0.2) is 6.39 Å². The van der Waals surface area contributed by atoms with Gasteiger partial charge in [0.05, 0.1) is 17.6 Å². The van der Waals surface area contributed by atoms with E-state index in [2.05, 4.69) is 30.8 Å². The van der Waals surface area contributed by atoms with Gasteiger partial charge in [-0.2, -0.15) is 0 Å². The molecule has 1 aliphatic heterocycles. The van der Waals surface area contributed by atoms with Gasteiger partial charge in [0.1, 0.15) is 0 Å². The fourth-order valence-corrected chi connectivity index (χ4v) is 3.00. The molecule has 9 nitrogen and oxygen atoms in total. The Morgan fingerprint density at radius 1 is 1.00 bits per heavy atom. The van der Waals surface area contributed by atoms with Gasteiger partial charge in [0.2, 0.25) is 11.9 Å². The first-order valence-electron chi connectivity index (χ1n) is 9.80. The Morgan fingerprint density at radius 2 is 1.77 bits per heavy atom. The number of carbonyl (C=O) groups is 1. The van der Waals surface area contributed by atoms with Crippen molar-refractivity contribution in [1.82, 2.24) is 15.2 Å². The number of nitrogens with zero attached hydrogens (tertiary/aromatic N) is 4. The average molecular weight is 416 g/mol. The number of benzene rings is 2. The molecule has 9 heteroatoms. The van der Waals surface area contributed by atoms with E-state index in [1.165, 1.54) is 12.6 Å². The predicted molar refractivity (Wildman–Crippen MR) is 116 cm³/mol. The molecule has 0 bridgehead atoms. The molecule has 31 heavy (non-hydrogen) atoms. The van der Waals surface area contributed by atoms with Gasteiger partial charge in [0.25, 0.3) is 11.8 Å². The lowest BCUT2D eigenvalue weighted by Gasteiger charge is -2.11. The number of carbonyl (C=O) groups excluding carboxylic acids is 1. The highest BCUT2D eigenvalue weighted by Crippen LogP contribution is 2.25. The normalized spacial score (nSPS) is 15.0. The third-order valence-corrected chi connectivity index (χ3v) is 4.32. The van der Waals surface area contributed by atoms with Crippen molar-refractivity contribution in [3.63, 3.8) is 0 Å². The molecule has 0 fully saturated rings. The molecule has 0 saturated carbocycles. The van der Waals surface area contributed by atoms with E-state index in [1.54, 1.807) is 0 Å². The summed E-state index contributed by atoms with van der Waals surface area (Å²) in [6, 6.07) is 17.2. The summed E-state index contributed by atoms with van der Waals surface area (Å²) in [6.45, 7) is 4.00. The van der Waals surface area contributed by atoms with Crippen molar-refractivity contribution >= 4 is 23.3 Å². The average Bonchev–Trinajstić information content (AvgIpc) is 3.49. The van der Waals surface area contributed by atoms with Crippen LogP contribution in [0.25, 0.3) is 11.7 Å². The summed E-state index contributed by atoms with van der Waals surface area (Å²) in [6.07, 6.45) is 1.75. The summed E-state index contributed by atoms with van der Waals surface area (Å²) < 4.78 is 10.7. The lowest BCUT2D eigenvalue weighted by molar-refractivity contribution is -0.116. The minimum atomic E-state index is -0.972. The number of aliphatic imine (C=N–C) groups is 1. The first-order chi connectivity index (χ1) is 15.3. The van der Waals surface area contributed by atoms with E-state index in [9.17, 15) is 4.79 Å². The van der Waals surface area contributed by atoms with Crippen molar-refractivity contribution in [1.29, 1.82) is 0 Å². The van der Waals surface area contributed by atoms with Gasteiger partial charge < -0.3 is 19.5 Å². The van der Waals surface area contributed by atoms with E-state index in [0.29, 0.717) is 17.2 Å². The van der Waals surface area contributed by atoms with Crippen LogP contribution < -0.4 is 10.6 Å². The molecule has 1 unspecified atom stereocenters. The number of anilines is 2. The highest BCUT2D eigenvalue weighted by Gasteiger charge is 2.27. The van der Waals surface area contributed by atoms with Gasteiger partial charge in [-0.1, -0.05) is 67.5 Å². The molecule has 0 radical (unpaired) electrons. The minimum Gasteiger partial charge on any atom is -0.438 e. The molecule has 0 saturated heterocycles. The number of fused-ring (bicyclic) bond motifs is 1. The zero-order valence-electron chi connectivity index (χ0n) is 16.9. The number of aromatic nitrogens is 3. The molecule has 0 aliphatic carbocycles. The molecule has 2 N–H and O–H groups in total. The summed E-state index contributed by atoms with van der Waals surface area (Å²) in [4.78, 5) is 21.3. The Kier molecular flexibility index (Phi) is 5.84. The summed E-state index contributed by atoms with van der Waals surface area (Å²) in [5, 5.41) is 13.6. The van der Waals surface area contributed by atoms with Gasteiger partial charge in [-0.05, 0) is 6.07 Å². The second kappa shape index (κ2) is 9.04. The highest BCUT2D eigenvalue weighted by atomic mass is 16.4. The van der Waals surface area contributed by atoms with Crippen molar-refractivity contribution in [3.05, 3.63) is 78.3 Å². The van der Waals surface area contributed by atoms with E-state index in [4.69, 9.17) is 8.83 Å². The largest absolute Gasteiger partial charge is 0.438 e. The monoisotopic (exact) mass is 416 g/mol. The smallest absolute Gasteiger partial charge is 0.317 e. The number of rotatable bonds is 4. The first kappa shape index (κ1) is 20.0. The van der Waals surface area contributed by atoms with E-state index >= 15 is 0 Å². The highest BCUT2D eigenvalue weighted by molar-refractivity contribution is 6.19. The Morgan fingerprint density at radius 3 is 2.55 bits per heavy atom. The summed E-state index contributed by atoms with van der Waals surface area (Å²) in [5.41, 5.74) is 3.06. The van der Waals surface area contributed by atoms with Gasteiger partial charge >= 0.3 is 6.01 Å². The molecular formula is C22H20N6O3. The molecule has 3 heterocycles. The number of para-hydroxylation sites is 1. The summed E-state index contributed by atoms with van der Waals surface area (Å²) in [7, 11) is 0. The fourth-order valence-electron chi connectivity index (χ4n) is 3.00. The molecule has 0 spiro atoms. The quantitative estimate of drug-likeness (QED) is 0.516. The van der Waals surface area contributed by atoms with Crippen LogP contribution in [-0.4, -0.2) is 33.0 Å². The predicted octanol–water partition coefficient (Wildman–Crippen LogP) is 3.98. The Bertz CT molecular complexity index is 1180. The maximum absolute atomic E-state index is 12.8. The maximum atomic E-state index is 12.8. The van der Waals surface area contributed by atoms with Crippen LogP contribution in [0.5, 0.6) is 0 Å². The Hall–Kier alpha value is -4.27. The number of oxazole rings is 1. The standard InChI is InChI=1S/C20H14N6O3.C2H6/c27-18-17(24-20-26-25-19(29-20)15-10-21-11-28-15)23-16(12-6-2-1-3-7-12)13-8-4-5-9-14(13)22-18;1-2/h1-11,17H,(H,22,27)(H,24,26);1-2H3. The summed E-state index contributed by atoms with van der Waals surface area (Å²) >= 11 is 0. The Balaban J connectivity index is 0.00000112. The first-order valence-corrected chi connectivity index (χ1v) is 9.80. The van der Waals surface area contributed by atoms with Crippen molar-refractivity contribution in [3.8, 4) is 11.7 Å². The van der Waals surface area contributed by atoms with Gasteiger partial charge in [-0.15, -0.1) is 5.10 Å². The van der Waals surface area contributed by atoms with E-state index in [0.717, 1.165) is 11.1 Å². The number of hydrogen-bond donors (Lipinski definition) is 2. The zero-order valence-corrected chi connectivity index (χ0v) is 16.9. The third-order valence-electron chi connectivity index (χ3n) is 4.32. The van der Waals surface area contributed by atoms with Crippen LogP contribution in [0, 0.1) is 0 Å². The van der Waals surface area contributed by atoms with E-state index < -0.39 is 6.17 Å². The summed E-state index contributed by atoms with van der Waals surface area (Å²) in [5.74, 6) is 0.133. The molecule has 5 rings (SSSR count). The van der Waals surface area contributed by atoms with Crippen LogP contribution in [0.4, 0.5) is 11.7 Å². The Labute approximate surface area is 178 Å². The maximum Gasteiger partial charge on any atom is 0.317 e. The van der Waals surface area contributed by atoms with Crippen molar-refractivity contribution in [2.45, 2.75) is 20.0 Å². The number of amides is 1. The van der Waals surface area contributed by atoms with Crippen molar-refractivity contribution in [2.24, 2.45) is 4.99 Å². The number of benzodiazepines with no additional fused rings is 1. The molecule has 2 aromatic heterocycles. The third kappa shape index (κ3) is 4.20. The molecule has 1 aliphatic rings. The van der Waals surface area contributed by atoms with E-state index in [-0.39, 0.29) is 17.8 Å². The van der Waals surface area contributed by atoms with Gasteiger partial charge in [-0.25, -0.2) is 9.98 Å². The second-order valence-electron chi connectivity index (χ2n) is 6.20. The molecular weight excluding hydrogens is 396 g/mol. The van der Waals surface area contributed by atoms with Crippen LogP contribution >= 0.6 is 0 Å². The topological polar surface area (TPSA) is 118 Å². The van der Waals surface area contributed by atoms with Gasteiger partial charge in [-0.3, -0.25) is 4.79 Å². The van der Waals surface area contributed by atoms with Crippen molar-refractivity contribution in [2.75, 3.05) is 10.6 Å². The fraction of sp³-hybridized carbons (Fsp3) is 0.136. The van der Waals surface area contributed by atoms with Crippen LogP contribution in [-0.2, 0) is 4.79 Å². The molecule has 156 valence electrons. The second-order valence-corrected chi connectivity index (χ2v) is 6.20. The van der Waals surface area contributed by atoms with E-state index in [1.807, 2.05) is 68.4 Å². The molecule has 1 amide bonds. The number of nitrogens with one attached hydrogen (secondary N) is 2. The van der Waals surface area contributed by atoms with Crippen LogP contribution in [0.15, 0.2) is 81.0 Å².